The monoisotopic (exact) mass is 258 g/mol. The van der Waals surface area contributed by atoms with Gasteiger partial charge < -0.3 is 10.6 Å². The maximum Gasteiger partial charge on any atom is 0.251 e. The summed E-state index contributed by atoms with van der Waals surface area (Å²) < 4.78 is 0. The fraction of sp³-hybridized carbons (Fsp3) is 0.154. The predicted octanol–water partition coefficient (Wildman–Crippen LogP) is 1.17. The van der Waals surface area contributed by atoms with Crippen molar-refractivity contribution in [2.24, 2.45) is 0 Å². The number of carbonyl (C=O) groups is 2. The van der Waals surface area contributed by atoms with Gasteiger partial charge in [-0.3, -0.25) is 14.7 Å². The van der Waals surface area contributed by atoms with E-state index in [1.165, 1.54) is 6.20 Å². The maximum absolute atomic E-state index is 11.7. The Hall–Kier alpha value is -2.63. The number of hydrogen-bond donors (Lipinski definition) is 3. The van der Waals surface area contributed by atoms with E-state index in [0.29, 0.717) is 11.3 Å². The topological polar surface area (TPSA) is 86.9 Å². The normalized spacial score (nSPS) is 9.89. The summed E-state index contributed by atoms with van der Waals surface area (Å²) in [6.07, 6.45) is 3.31. The molecule has 0 aliphatic carbocycles. The van der Waals surface area contributed by atoms with E-state index < -0.39 is 0 Å². The molecule has 0 radical (unpaired) electrons. The number of amides is 2. The zero-order chi connectivity index (χ0) is 13.5. The van der Waals surface area contributed by atoms with Gasteiger partial charge in [-0.25, -0.2) is 0 Å². The second-order valence-electron chi connectivity index (χ2n) is 3.91. The Bertz CT molecular complexity index is 537. The molecule has 2 rings (SSSR count). The smallest absolute Gasteiger partial charge is 0.251 e. The average molecular weight is 258 g/mol. The quantitative estimate of drug-likeness (QED) is 0.752. The van der Waals surface area contributed by atoms with E-state index in [1.54, 1.807) is 30.5 Å². The molecule has 2 amide bonds. The summed E-state index contributed by atoms with van der Waals surface area (Å²) in [6, 6.07) is 8.87. The summed E-state index contributed by atoms with van der Waals surface area (Å²) in [6.45, 7) is 0.289. The van der Waals surface area contributed by atoms with Crippen LogP contribution in [0.5, 0.6) is 0 Å². The van der Waals surface area contributed by atoms with Crippen molar-refractivity contribution in [2.45, 2.75) is 6.42 Å². The first-order chi connectivity index (χ1) is 9.25. The van der Waals surface area contributed by atoms with E-state index in [9.17, 15) is 9.59 Å². The van der Waals surface area contributed by atoms with Crippen molar-refractivity contribution in [2.75, 3.05) is 11.9 Å². The van der Waals surface area contributed by atoms with Crippen molar-refractivity contribution in [1.29, 1.82) is 0 Å². The van der Waals surface area contributed by atoms with Crippen molar-refractivity contribution < 1.29 is 9.59 Å². The Kier molecular flexibility index (Phi) is 4.28. The van der Waals surface area contributed by atoms with Gasteiger partial charge in [0.25, 0.3) is 5.91 Å². The summed E-state index contributed by atoms with van der Waals surface area (Å²) in [5, 5.41) is 11.6. The van der Waals surface area contributed by atoms with Crippen molar-refractivity contribution in [3.63, 3.8) is 0 Å². The molecule has 6 nitrogen and oxygen atoms in total. The van der Waals surface area contributed by atoms with Crippen LogP contribution in [0.1, 0.15) is 16.8 Å². The molecule has 2 aromatic rings. The number of benzene rings is 1. The van der Waals surface area contributed by atoms with Crippen molar-refractivity contribution in [3.8, 4) is 0 Å². The first-order valence-corrected chi connectivity index (χ1v) is 5.87. The lowest BCUT2D eigenvalue weighted by Crippen LogP contribution is -2.27. The molecule has 1 aromatic carbocycles. The number of nitrogens with one attached hydrogen (secondary N) is 3. The molecule has 0 spiro atoms. The molecule has 0 bridgehead atoms. The molecule has 98 valence electrons. The van der Waals surface area contributed by atoms with Crippen LogP contribution in [0.25, 0.3) is 0 Å². The average Bonchev–Trinajstić information content (AvgIpc) is 2.92. The van der Waals surface area contributed by atoms with Crippen LogP contribution >= 0.6 is 0 Å². The maximum atomic E-state index is 11.7. The summed E-state index contributed by atoms with van der Waals surface area (Å²) in [7, 11) is 0. The minimum Gasteiger partial charge on any atom is -0.352 e. The van der Waals surface area contributed by atoms with Crippen LogP contribution in [0.4, 0.5) is 5.69 Å². The molecule has 0 saturated heterocycles. The number of H-pyrrole nitrogens is 1. The minimum absolute atomic E-state index is 0.172. The SMILES string of the molecule is O=C(CCNC(=O)c1ccccc1)Nc1cn[nH]c1. The Morgan fingerprint density at radius 1 is 1.21 bits per heavy atom. The largest absolute Gasteiger partial charge is 0.352 e. The second kappa shape index (κ2) is 6.34. The number of nitrogens with zero attached hydrogens (tertiary/aromatic N) is 1. The highest BCUT2D eigenvalue weighted by Gasteiger charge is 2.06. The first-order valence-electron chi connectivity index (χ1n) is 5.87. The van der Waals surface area contributed by atoms with Crippen LogP contribution in [-0.4, -0.2) is 28.6 Å². The van der Waals surface area contributed by atoms with Gasteiger partial charge >= 0.3 is 0 Å². The zero-order valence-electron chi connectivity index (χ0n) is 10.2. The lowest BCUT2D eigenvalue weighted by molar-refractivity contribution is -0.116. The molecule has 6 heteroatoms. The summed E-state index contributed by atoms with van der Waals surface area (Å²) in [5.41, 5.74) is 1.19. The van der Waals surface area contributed by atoms with E-state index in [4.69, 9.17) is 0 Å². The Labute approximate surface area is 110 Å². The number of aromatic nitrogens is 2. The molecule has 0 atom stereocenters. The fourth-order valence-corrected chi connectivity index (χ4v) is 1.52. The van der Waals surface area contributed by atoms with Crippen LogP contribution in [0.15, 0.2) is 42.7 Å². The summed E-state index contributed by atoms with van der Waals surface area (Å²) in [5.74, 6) is -0.355. The van der Waals surface area contributed by atoms with Gasteiger partial charge in [-0.1, -0.05) is 18.2 Å². The van der Waals surface area contributed by atoms with Gasteiger partial charge in [-0.2, -0.15) is 5.10 Å². The zero-order valence-corrected chi connectivity index (χ0v) is 10.2. The van der Waals surface area contributed by atoms with Crippen molar-refractivity contribution in [1.82, 2.24) is 15.5 Å². The first kappa shape index (κ1) is 12.8. The number of rotatable bonds is 5. The lowest BCUT2D eigenvalue weighted by Gasteiger charge is -2.05. The van der Waals surface area contributed by atoms with Gasteiger partial charge in [0.1, 0.15) is 0 Å². The summed E-state index contributed by atoms with van der Waals surface area (Å²) >= 11 is 0. The molecule has 0 aliphatic heterocycles. The van der Waals surface area contributed by atoms with Crippen molar-refractivity contribution in [3.05, 3.63) is 48.3 Å². The minimum atomic E-state index is -0.184. The standard InChI is InChI=1S/C13H14N4O2/c18-12(17-11-8-15-16-9-11)6-7-14-13(19)10-4-2-1-3-5-10/h1-5,8-9H,6-7H2,(H,14,19)(H,15,16)(H,17,18). The van der Waals surface area contributed by atoms with Gasteiger partial charge in [-0.15, -0.1) is 0 Å². The second-order valence-corrected chi connectivity index (χ2v) is 3.91. The highest BCUT2D eigenvalue weighted by Crippen LogP contribution is 2.01. The number of aromatic amines is 1. The Balaban J connectivity index is 1.72. The molecule has 1 aromatic heterocycles. The number of hydrogen-bond acceptors (Lipinski definition) is 3. The van der Waals surface area contributed by atoms with Crippen LogP contribution in [0, 0.1) is 0 Å². The summed E-state index contributed by atoms with van der Waals surface area (Å²) in [4.78, 5) is 23.2. The van der Waals surface area contributed by atoms with E-state index >= 15 is 0 Å². The molecule has 0 saturated carbocycles. The lowest BCUT2D eigenvalue weighted by atomic mass is 10.2. The fourth-order valence-electron chi connectivity index (χ4n) is 1.52. The van der Waals surface area contributed by atoms with Crippen LogP contribution in [0.3, 0.4) is 0 Å². The third-order valence-electron chi connectivity index (χ3n) is 2.46. The molecule has 0 fully saturated rings. The molecule has 0 aliphatic rings. The van der Waals surface area contributed by atoms with E-state index in [-0.39, 0.29) is 24.8 Å². The molecule has 19 heavy (non-hydrogen) atoms. The third-order valence-corrected chi connectivity index (χ3v) is 2.46. The van der Waals surface area contributed by atoms with Gasteiger partial charge in [0.05, 0.1) is 11.9 Å². The number of anilines is 1. The van der Waals surface area contributed by atoms with E-state index in [0.717, 1.165) is 0 Å². The Morgan fingerprint density at radius 3 is 2.68 bits per heavy atom. The van der Waals surface area contributed by atoms with Gasteiger partial charge in [-0.05, 0) is 12.1 Å². The molecule has 3 N–H and O–H groups in total. The highest BCUT2D eigenvalue weighted by molar-refractivity contribution is 5.95. The van der Waals surface area contributed by atoms with Crippen LogP contribution in [-0.2, 0) is 4.79 Å². The van der Waals surface area contributed by atoms with Gasteiger partial charge in [0, 0.05) is 24.7 Å². The predicted molar refractivity (Wildman–Crippen MR) is 70.6 cm³/mol. The third kappa shape index (κ3) is 3.95. The van der Waals surface area contributed by atoms with Crippen LogP contribution in [0.2, 0.25) is 0 Å². The van der Waals surface area contributed by atoms with Gasteiger partial charge in [0.2, 0.25) is 5.91 Å². The molecular weight excluding hydrogens is 244 g/mol. The number of carbonyl (C=O) groups excluding carboxylic acids is 2. The molecule has 1 heterocycles. The van der Waals surface area contributed by atoms with Gasteiger partial charge in [0.15, 0.2) is 0 Å². The Morgan fingerprint density at radius 2 is 2.00 bits per heavy atom. The molecular formula is C13H14N4O2. The molecule has 0 unspecified atom stereocenters. The highest BCUT2D eigenvalue weighted by atomic mass is 16.2. The van der Waals surface area contributed by atoms with Crippen molar-refractivity contribution >= 4 is 17.5 Å². The van der Waals surface area contributed by atoms with Crippen LogP contribution < -0.4 is 10.6 Å². The van der Waals surface area contributed by atoms with E-state index in [2.05, 4.69) is 20.8 Å². The van der Waals surface area contributed by atoms with E-state index in [1.807, 2.05) is 6.07 Å².